The second kappa shape index (κ2) is 7.41. The van der Waals surface area contributed by atoms with Crippen molar-refractivity contribution in [2.75, 3.05) is 13.2 Å². The number of hydrogen-bond donors (Lipinski definition) is 1. The number of nitrogens with one attached hydrogen (secondary N) is 1. The molecule has 0 spiro atoms. The minimum atomic E-state index is -0.149. The fraction of sp³-hybridized carbons (Fsp3) is 0.417. The van der Waals surface area contributed by atoms with Crippen LogP contribution in [0, 0.1) is 0 Å². The number of halogens is 1. The van der Waals surface area contributed by atoms with Gasteiger partial charge in [0, 0.05) is 17.6 Å². The molecular formula is C12H16BrNO2. The van der Waals surface area contributed by atoms with Crippen molar-refractivity contribution in [3.05, 3.63) is 34.3 Å². The van der Waals surface area contributed by atoms with Gasteiger partial charge in [0.25, 0.3) is 0 Å². The smallest absolute Gasteiger partial charge is 0.307 e. The standard InChI is InChI=1S/C12H16BrNO2/c1-2-16-12(15)6-7-14-9-10-4-3-5-11(13)8-10/h3-5,8,14H,2,6-7,9H2,1H3. The summed E-state index contributed by atoms with van der Waals surface area (Å²) in [4.78, 5) is 11.0. The van der Waals surface area contributed by atoms with Crippen molar-refractivity contribution < 1.29 is 9.53 Å². The number of carbonyl (C=O) groups excluding carboxylic acids is 1. The Hall–Kier alpha value is -0.870. The topological polar surface area (TPSA) is 38.3 Å². The highest BCUT2D eigenvalue weighted by molar-refractivity contribution is 9.10. The molecule has 1 aromatic carbocycles. The van der Waals surface area contributed by atoms with E-state index in [1.807, 2.05) is 25.1 Å². The van der Waals surface area contributed by atoms with E-state index in [2.05, 4.69) is 27.3 Å². The van der Waals surface area contributed by atoms with E-state index in [1.165, 1.54) is 5.56 Å². The molecule has 0 saturated heterocycles. The molecular weight excluding hydrogens is 270 g/mol. The third-order valence-electron chi connectivity index (χ3n) is 2.03. The van der Waals surface area contributed by atoms with Crippen molar-refractivity contribution in [2.45, 2.75) is 19.9 Å². The first kappa shape index (κ1) is 13.2. The van der Waals surface area contributed by atoms with Gasteiger partial charge in [-0.25, -0.2) is 0 Å². The molecule has 0 atom stereocenters. The minimum absolute atomic E-state index is 0.149. The first-order valence-electron chi connectivity index (χ1n) is 5.33. The molecule has 0 aliphatic rings. The molecule has 0 amide bonds. The normalized spacial score (nSPS) is 10.1. The zero-order chi connectivity index (χ0) is 11.8. The van der Waals surface area contributed by atoms with Crippen LogP contribution < -0.4 is 5.32 Å². The molecule has 0 aliphatic heterocycles. The van der Waals surface area contributed by atoms with Gasteiger partial charge in [0.1, 0.15) is 0 Å². The zero-order valence-electron chi connectivity index (χ0n) is 9.33. The Labute approximate surface area is 104 Å². The highest BCUT2D eigenvalue weighted by Crippen LogP contribution is 2.11. The summed E-state index contributed by atoms with van der Waals surface area (Å²) in [5.74, 6) is -0.149. The van der Waals surface area contributed by atoms with Crippen molar-refractivity contribution in [2.24, 2.45) is 0 Å². The number of esters is 1. The molecule has 4 heteroatoms. The summed E-state index contributed by atoms with van der Waals surface area (Å²) < 4.78 is 5.89. The van der Waals surface area contributed by atoms with Gasteiger partial charge in [-0.3, -0.25) is 4.79 Å². The molecule has 0 radical (unpaired) electrons. The maximum absolute atomic E-state index is 11.0. The lowest BCUT2D eigenvalue weighted by Crippen LogP contribution is -2.18. The van der Waals surface area contributed by atoms with Crippen LogP contribution in [0.25, 0.3) is 0 Å². The molecule has 0 unspecified atom stereocenters. The molecule has 0 fully saturated rings. The molecule has 3 nitrogen and oxygen atoms in total. The third-order valence-corrected chi connectivity index (χ3v) is 2.52. The number of benzene rings is 1. The van der Waals surface area contributed by atoms with Crippen LogP contribution in [0.3, 0.4) is 0 Å². The Bertz CT molecular complexity index is 342. The van der Waals surface area contributed by atoms with Crippen molar-refractivity contribution in [3.8, 4) is 0 Å². The van der Waals surface area contributed by atoms with Gasteiger partial charge in [0.05, 0.1) is 13.0 Å². The van der Waals surface area contributed by atoms with E-state index in [4.69, 9.17) is 4.74 Å². The summed E-state index contributed by atoms with van der Waals surface area (Å²) in [6.45, 7) is 3.67. The maximum atomic E-state index is 11.0. The Morgan fingerprint density at radius 2 is 2.31 bits per heavy atom. The van der Waals surface area contributed by atoms with Gasteiger partial charge in [0.2, 0.25) is 0 Å². The van der Waals surface area contributed by atoms with E-state index >= 15 is 0 Å². The summed E-state index contributed by atoms with van der Waals surface area (Å²) in [6, 6.07) is 8.08. The fourth-order valence-electron chi connectivity index (χ4n) is 1.30. The molecule has 1 rings (SSSR count). The van der Waals surface area contributed by atoms with E-state index in [0.717, 1.165) is 11.0 Å². The van der Waals surface area contributed by atoms with Crippen LogP contribution in [-0.4, -0.2) is 19.1 Å². The van der Waals surface area contributed by atoms with Crippen LogP contribution in [0.4, 0.5) is 0 Å². The lowest BCUT2D eigenvalue weighted by Gasteiger charge is -2.05. The molecule has 16 heavy (non-hydrogen) atoms. The first-order valence-corrected chi connectivity index (χ1v) is 6.12. The molecule has 0 saturated carbocycles. The van der Waals surface area contributed by atoms with Gasteiger partial charge in [0.15, 0.2) is 0 Å². The van der Waals surface area contributed by atoms with E-state index in [0.29, 0.717) is 19.6 Å². The molecule has 0 aromatic heterocycles. The summed E-state index contributed by atoms with van der Waals surface area (Å²) in [5, 5.41) is 3.20. The molecule has 0 bridgehead atoms. The SMILES string of the molecule is CCOC(=O)CCNCc1cccc(Br)c1. The molecule has 0 aliphatic carbocycles. The Kier molecular flexibility index (Phi) is 6.11. The maximum Gasteiger partial charge on any atom is 0.307 e. The van der Waals surface area contributed by atoms with Crippen LogP contribution in [0.2, 0.25) is 0 Å². The van der Waals surface area contributed by atoms with Crippen LogP contribution in [-0.2, 0) is 16.1 Å². The number of carbonyl (C=O) groups is 1. The molecule has 88 valence electrons. The quantitative estimate of drug-likeness (QED) is 0.645. The van der Waals surface area contributed by atoms with Gasteiger partial charge in [-0.05, 0) is 24.6 Å². The van der Waals surface area contributed by atoms with Crippen LogP contribution in [0.15, 0.2) is 28.7 Å². The fourth-order valence-corrected chi connectivity index (χ4v) is 1.75. The minimum Gasteiger partial charge on any atom is -0.466 e. The lowest BCUT2D eigenvalue weighted by molar-refractivity contribution is -0.142. The van der Waals surface area contributed by atoms with E-state index in [1.54, 1.807) is 0 Å². The summed E-state index contributed by atoms with van der Waals surface area (Å²) in [5.41, 5.74) is 1.19. The van der Waals surface area contributed by atoms with Gasteiger partial charge in [-0.2, -0.15) is 0 Å². The number of ether oxygens (including phenoxy) is 1. The number of rotatable bonds is 6. The lowest BCUT2D eigenvalue weighted by atomic mass is 10.2. The largest absolute Gasteiger partial charge is 0.466 e. The molecule has 0 heterocycles. The molecule has 1 N–H and O–H groups in total. The Morgan fingerprint density at radius 1 is 1.50 bits per heavy atom. The van der Waals surface area contributed by atoms with Gasteiger partial charge < -0.3 is 10.1 Å². The monoisotopic (exact) mass is 285 g/mol. The van der Waals surface area contributed by atoms with E-state index in [9.17, 15) is 4.79 Å². The van der Waals surface area contributed by atoms with Gasteiger partial charge in [-0.1, -0.05) is 28.1 Å². The van der Waals surface area contributed by atoms with Gasteiger partial charge >= 0.3 is 5.97 Å². The summed E-state index contributed by atoms with van der Waals surface area (Å²) in [6.07, 6.45) is 0.418. The Morgan fingerprint density at radius 3 is 3.00 bits per heavy atom. The first-order chi connectivity index (χ1) is 7.72. The highest BCUT2D eigenvalue weighted by Gasteiger charge is 2.00. The van der Waals surface area contributed by atoms with Crippen LogP contribution in [0.1, 0.15) is 18.9 Å². The van der Waals surface area contributed by atoms with E-state index in [-0.39, 0.29) is 5.97 Å². The molecule has 1 aromatic rings. The Balaban J connectivity index is 2.18. The zero-order valence-corrected chi connectivity index (χ0v) is 10.9. The summed E-state index contributed by atoms with van der Waals surface area (Å²) >= 11 is 3.41. The van der Waals surface area contributed by atoms with E-state index < -0.39 is 0 Å². The number of hydrogen-bond acceptors (Lipinski definition) is 3. The van der Waals surface area contributed by atoms with Crippen molar-refractivity contribution >= 4 is 21.9 Å². The van der Waals surface area contributed by atoms with Crippen LogP contribution in [0.5, 0.6) is 0 Å². The average molecular weight is 286 g/mol. The van der Waals surface area contributed by atoms with Crippen molar-refractivity contribution in [1.29, 1.82) is 0 Å². The second-order valence-corrected chi connectivity index (χ2v) is 4.28. The van der Waals surface area contributed by atoms with Crippen molar-refractivity contribution in [3.63, 3.8) is 0 Å². The second-order valence-electron chi connectivity index (χ2n) is 3.36. The van der Waals surface area contributed by atoms with Crippen LogP contribution >= 0.6 is 15.9 Å². The van der Waals surface area contributed by atoms with Gasteiger partial charge in [-0.15, -0.1) is 0 Å². The summed E-state index contributed by atoms with van der Waals surface area (Å²) in [7, 11) is 0. The average Bonchev–Trinajstić information content (AvgIpc) is 2.25. The predicted octanol–water partition coefficient (Wildman–Crippen LogP) is 2.49. The predicted molar refractivity (Wildman–Crippen MR) is 67.1 cm³/mol. The third kappa shape index (κ3) is 5.28. The highest BCUT2D eigenvalue weighted by atomic mass is 79.9. The van der Waals surface area contributed by atoms with Crippen molar-refractivity contribution in [1.82, 2.24) is 5.32 Å².